The van der Waals surface area contributed by atoms with Crippen LogP contribution in [0.1, 0.15) is 40.9 Å². The summed E-state index contributed by atoms with van der Waals surface area (Å²) in [6.45, 7) is 3.96. The molecule has 0 aliphatic heterocycles. The highest BCUT2D eigenvalue weighted by Gasteiger charge is 2.17. The molecular weight excluding hydrogens is 364 g/mol. The number of anilines is 1. The molecule has 0 saturated carbocycles. The largest absolute Gasteiger partial charge is 0.496 e. The van der Waals surface area contributed by atoms with Gasteiger partial charge < -0.3 is 10.1 Å². The van der Waals surface area contributed by atoms with Crippen molar-refractivity contribution in [2.45, 2.75) is 26.3 Å². The minimum atomic E-state index is -3.39. The molecule has 1 N–H and O–H groups in total. The molecule has 2 rings (SSSR count). The van der Waals surface area contributed by atoms with Gasteiger partial charge in [-0.2, -0.15) is 0 Å². The fourth-order valence-corrected chi connectivity index (χ4v) is 3.31. The van der Waals surface area contributed by atoms with Crippen LogP contribution in [0, 0.1) is 6.92 Å². The van der Waals surface area contributed by atoms with Crippen molar-refractivity contribution in [3.8, 4) is 5.75 Å². The number of aryl methyl sites for hydroxylation is 1. The second-order valence-corrected chi connectivity index (χ2v) is 8.46. The van der Waals surface area contributed by atoms with Crippen molar-refractivity contribution in [1.82, 2.24) is 5.32 Å². The SMILES string of the molecule is CCC(NC(=O)c1cccc(N(C)S(C)(=O)=O)c1)c1ccc(OC)c(C)c1. The molecular formula is C20H26N2O4S. The first-order chi connectivity index (χ1) is 12.7. The van der Waals surface area contributed by atoms with Crippen molar-refractivity contribution in [3.05, 3.63) is 59.2 Å². The van der Waals surface area contributed by atoms with E-state index in [1.54, 1.807) is 31.4 Å². The van der Waals surface area contributed by atoms with E-state index in [2.05, 4.69) is 5.32 Å². The Labute approximate surface area is 161 Å². The molecule has 2 aromatic carbocycles. The summed E-state index contributed by atoms with van der Waals surface area (Å²) >= 11 is 0. The first-order valence-corrected chi connectivity index (χ1v) is 10.5. The zero-order valence-electron chi connectivity index (χ0n) is 16.3. The number of methoxy groups -OCH3 is 1. The molecule has 0 saturated heterocycles. The van der Waals surface area contributed by atoms with E-state index in [0.717, 1.165) is 33.9 Å². The first-order valence-electron chi connectivity index (χ1n) is 8.66. The van der Waals surface area contributed by atoms with Gasteiger partial charge in [-0.05, 0) is 48.7 Å². The van der Waals surface area contributed by atoms with E-state index in [1.807, 2.05) is 32.0 Å². The van der Waals surface area contributed by atoms with Gasteiger partial charge >= 0.3 is 0 Å². The van der Waals surface area contributed by atoms with Gasteiger partial charge in [-0.1, -0.05) is 25.1 Å². The summed E-state index contributed by atoms with van der Waals surface area (Å²) in [5.74, 6) is 0.551. The third-order valence-corrected chi connectivity index (χ3v) is 5.71. The van der Waals surface area contributed by atoms with E-state index in [4.69, 9.17) is 4.74 Å². The number of carbonyl (C=O) groups excluding carboxylic acids is 1. The maximum absolute atomic E-state index is 12.7. The average molecular weight is 391 g/mol. The normalized spacial score (nSPS) is 12.3. The first kappa shape index (κ1) is 20.8. The molecule has 0 fully saturated rings. The number of rotatable bonds is 7. The van der Waals surface area contributed by atoms with Gasteiger partial charge in [-0.25, -0.2) is 8.42 Å². The summed E-state index contributed by atoms with van der Waals surface area (Å²) in [7, 11) is -0.304. The third-order valence-electron chi connectivity index (χ3n) is 4.50. The van der Waals surface area contributed by atoms with Gasteiger partial charge in [0.1, 0.15) is 5.75 Å². The maximum Gasteiger partial charge on any atom is 0.251 e. The van der Waals surface area contributed by atoms with E-state index >= 15 is 0 Å². The Morgan fingerprint density at radius 1 is 1.22 bits per heavy atom. The molecule has 6 nitrogen and oxygen atoms in total. The predicted molar refractivity (Wildman–Crippen MR) is 108 cm³/mol. The van der Waals surface area contributed by atoms with Gasteiger partial charge in [0.25, 0.3) is 5.91 Å². The lowest BCUT2D eigenvalue weighted by atomic mass is 10.0. The summed E-state index contributed by atoms with van der Waals surface area (Å²) in [4.78, 5) is 12.7. The fraction of sp³-hybridized carbons (Fsp3) is 0.350. The second kappa shape index (κ2) is 8.43. The van der Waals surface area contributed by atoms with Crippen molar-refractivity contribution in [2.75, 3.05) is 24.7 Å². The van der Waals surface area contributed by atoms with E-state index < -0.39 is 10.0 Å². The molecule has 0 aliphatic rings. The molecule has 0 radical (unpaired) electrons. The highest BCUT2D eigenvalue weighted by Crippen LogP contribution is 2.25. The van der Waals surface area contributed by atoms with Crippen LogP contribution in [-0.2, 0) is 10.0 Å². The Morgan fingerprint density at radius 3 is 2.48 bits per heavy atom. The van der Waals surface area contributed by atoms with Crippen LogP contribution in [-0.4, -0.2) is 34.7 Å². The summed E-state index contributed by atoms with van der Waals surface area (Å²) in [5.41, 5.74) is 2.85. The molecule has 0 heterocycles. The number of hydrogen-bond donors (Lipinski definition) is 1. The number of amides is 1. The molecule has 0 aliphatic carbocycles. The second-order valence-electron chi connectivity index (χ2n) is 6.44. The molecule has 7 heteroatoms. The minimum absolute atomic E-state index is 0.154. The Kier molecular flexibility index (Phi) is 6.49. The zero-order chi connectivity index (χ0) is 20.2. The Morgan fingerprint density at radius 2 is 1.93 bits per heavy atom. The smallest absolute Gasteiger partial charge is 0.251 e. The van der Waals surface area contributed by atoms with Crippen LogP contribution < -0.4 is 14.4 Å². The number of nitrogens with zero attached hydrogens (tertiary/aromatic N) is 1. The van der Waals surface area contributed by atoms with Crippen LogP contribution in [0.25, 0.3) is 0 Å². The van der Waals surface area contributed by atoms with Gasteiger partial charge in [0.15, 0.2) is 0 Å². The lowest BCUT2D eigenvalue weighted by molar-refractivity contribution is 0.0935. The zero-order valence-corrected chi connectivity index (χ0v) is 17.1. The summed E-state index contributed by atoms with van der Waals surface area (Å²) in [5, 5.41) is 3.02. The molecule has 1 atom stereocenters. The Balaban J connectivity index is 2.23. The van der Waals surface area contributed by atoms with E-state index in [1.165, 1.54) is 7.05 Å². The van der Waals surface area contributed by atoms with E-state index in [-0.39, 0.29) is 11.9 Å². The Hall–Kier alpha value is -2.54. The van der Waals surface area contributed by atoms with Crippen LogP contribution >= 0.6 is 0 Å². The number of nitrogens with one attached hydrogen (secondary N) is 1. The summed E-state index contributed by atoms with van der Waals surface area (Å²) in [6.07, 6.45) is 1.85. The number of sulfonamides is 1. The van der Waals surface area contributed by atoms with Gasteiger partial charge in [0.05, 0.1) is 25.1 Å². The topological polar surface area (TPSA) is 75.7 Å². The minimum Gasteiger partial charge on any atom is -0.496 e. The molecule has 1 unspecified atom stereocenters. The van der Waals surface area contributed by atoms with Crippen LogP contribution in [0.3, 0.4) is 0 Å². The third kappa shape index (κ3) is 5.01. The fourth-order valence-electron chi connectivity index (χ4n) is 2.82. The van der Waals surface area contributed by atoms with Gasteiger partial charge in [0.2, 0.25) is 10.0 Å². The summed E-state index contributed by atoms with van der Waals surface area (Å²) in [6, 6.07) is 12.2. The van der Waals surface area contributed by atoms with E-state index in [0.29, 0.717) is 11.3 Å². The number of carbonyl (C=O) groups is 1. The van der Waals surface area contributed by atoms with Gasteiger partial charge in [0, 0.05) is 12.6 Å². The molecule has 2 aromatic rings. The highest BCUT2D eigenvalue weighted by atomic mass is 32.2. The molecule has 0 bridgehead atoms. The van der Waals surface area contributed by atoms with Crippen LogP contribution in [0.15, 0.2) is 42.5 Å². The lowest BCUT2D eigenvalue weighted by Gasteiger charge is -2.20. The van der Waals surface area contributed by atoms with Crippen LogP contribution in [0.4, 0.5) is 5.69 Å². The standard InChI is InChI=1S/C20H26N2O4S/c1-6-18(15-10-11-19(26-4)14(2)12-15)21-20(23)16-8-7-9-17(13-16)22(3)27(5,24)25/h7-13,18H,6H2,1-5H3,(H,21,23). The van der Waals surface area contributed by atoms with Crippen LogP contribution in [0.2, 0.25) is 0 Å². The molecule has 146 valence electrons. The average Bonchev–Trinajstić information content (AvgIpc) is 2.64. The molecule has 1 amide bonds. The Bertz CT molecular complexity index is 925. The van der Waals surface area contributed by atoms with Crippen LogP contribution in [0.5, 0.6) is 5.75 Å². The van der Waals surface area contributed by atoms with Crippen molar-refractivity contribution in [2.24, 2.45) is 0 Å². The van der Waals surface area contributed by atoms with Crippen molar-refractivity contribution in [3.63, 3.8) is 0 Å². The predicted octanol–water partition coefficient (Wildman–Crippen LogP) is 3.28. The molecule has 0 spiro atoms. The van der Waals surface area contributed by atoms with Crippen molar-refractivity contribution < 1.29 is 17.9 Å². The number of ether oxygens (including phenoxy) is 1. The highest BCUT2D eigenvalue weighted by molar-refractivity contribution is 7.92. The maximum atomic E-state index is 12.7. The van der Waals surface area contributed by atoms with Crippen molar-refractivity contribution in [1.29, 1.82) is 0 Å². The monoisotopic (exact) mass is 390 g/mol. The van der Waals surface area contributed by atoms with Gasteiger partial charge in [-0.3, -0.25) is 9.10 Å². The number of benzene rings is 2. The van der Waals surface area contributed by atoms with E-state index in [9.17, 15) is 13.2 Å². The molecule has 0 aromatic heterocycles. The molecule has 27 heavy (non-hydrogen) atoms. The lowest BCUT2D eigenvalue weighted by Crippen LogP contribution is -2.29. The van der Waals surface area contributed by atoms with Crippen molar-refractivity contribution >= 4 is 21.6 Å². The quantitative estimate of drug-likeness (QED) is 0.787. The number of hydrogen-bond acceptors (Lipinski definition) is 4. The van der Waals surface area contributed by atoms with Gasteiger partial charge in [-0.15, -0.1) is 0 Å². The summed E-state index contributed by atoms with van der Waals surface area (Å²) < 4.78 is 29.9.